The van der Waals surface area contributed by atoms with E-state index in [1.807, 2.05) is 24.3 Å². The van der Waals surface area contributed by atoms with Gasteiger partial charge in [0.2, 0.25) is 0 Å². The molecule has 0 saturated carbocycles. The number of hydrogen-bond acceptors (Lipinski definition) is 4. The molecule has 0 aliphatic heterocycles. The van der Waals surface area contributed by atoms with Gasteiger partial charge in [-0.3, -0.25) is 10.1 Å². The van der Waals surface area contributed by atoms with Gasteiger partial charge in [-0.05, 0) is 36.5 Å². The van der Waals surface area contributed by atoms with E-state index >= 15 is 0 Å². The number of aliphatic hydroxyl groups is 1. The number of halogens is 1. The molecule has 1 unspecified atom stereocenters. The molecule has 2 aromatic carbocycles. The van der Waals surface area contributed by atoms with Gasteiger partial charge >= 0.3 is 6.03 Å². The van der Waals surface area contributed by atoms with Crippen LogP contribution in [-0.2, 0) is 12.0 Å². The summed E-state index contributed by atoms with van der Waals surface area (Å²) in [6, 6.07) is 10.9. The van der Waals surface area contributed by atoms with Crippen LogP contribution < -0.4 is 10.6 Å². The summed E-state index contributed by atoms with van der Waals surface area (Å²) in [6.07, 6.45) is 2.30. The highest BCUT2D eigenvalue weighted by Crippen LogP contribution is 2.34. The van der Waals surface area contributed by atoms with E-state index in [1.165, 1.54) is 18.2 Å². The second kappa shape index (κ2) is 7.31. The van der Waals surface area contributed by atoms with E-state index in [0.717, 1.165) is 24.0 Å². The molecule has 0 aromatic heterocycles. The van der Waals surface area contributed by atoms with E-state index in [2.05, 4.69) is 10.6 Å². The van der Waals surface area contributed by atoms with Crippen molar-refractivity contribution in [2.45, 2.75) is 24.9 Å². The standard InChI is InChI=1S/C18H18ClN3O4/c19-15-10-13(22(25)26)7-8-16(15)21-17(23)20-11-18(24)9-3-5-12-4-1-2-6-14(12)18/h1-2,4,6-8,10,24H,3,5,9,11H2,(H2,20,21,23). The molecule has 26 heavy (non-hydrogen) atoms. The molecule has 1 aliphatic carbocycles. The minimum atomic E-state index is -1.12. The summed E-state index contributed by atoms with van der Waals surface area (Å²) in [5, 5.41) is 26.9. The fraction of sp³-hybridized carbons (Fsp3) is 0.278. The minimum absolute atomic E-state index is 0.0560. The molecular weight excluding hydrogens is 358 g/mol. The summed E-state index contributed by atoms with van der Waals surface area (Å²) in [7, 11) is 0. The van der Waals surface area contributed by atoms with Crippen molar-refractivity contribution in [3.63, 3.8) is 0 Å². The van der Waals surface area contributed by atoms with E-state index in [1.54, 1.807) is 0 Å². The van der Waals surface area contributed by atoms with Crippen molar-refractivity contribution in [1.29, 1.82) is 0 Å². The van der Waals surface area contributed by atoms with Crippen LogP contribution in [-0.4, -0.2) is 22.6 Å². The number of non-ortho nitro benzene ring substituents is 1. The van der Waals surface area contributed by atoms with E-state index in [-0.39, 0.29) is 22.9 Å². The molecular formula is C18H18ClN3O4. The average molecular weight is 376 g/mol. The number of rotatable bonds is 4. The molecule has 136 valence electrons. The number of urea groups is 1. The first kappa shape index (κ1) is 18.2. The maximum atomic E-state index is 12.2. The maximum absolute atomic E-state index is 12.2. The highest BCUT2D eigenvalue weighted by Gasteiger charge is 2.34. The summed E-state index contributed by atoms with van der Waals surface area (Å²) >= 11 is 5.96. The van der Waals surface area contributed by atoms with Crippen molar-refractivity contribution in [1.82, 2.24) is 5.32 Å². The van der Waals surface area contributed by atoms with E-state index in [4.69, 9.17) is 11.6 Å². The Morgan fingerprint density at radius 1 is 1.31 bits per heavy atom. The molecule has 1 aliphatic rings. The third kappa shape index (κ3) is 3.79. The molecule has 2 amide bonds. The van der Waals surface area contributed by atoms with Crippen LogP contribution in [0.5, 0.6) is 0 Å². The largest absolute Gasteiger partial charge is 0.383 e. The highest BCUT2D eigenvalue weighted by atomic mass is 35.5. The molecule has 0 saturated heterocycles. The zero-order valence-electron chi connectivity index (χ0n) is 13.9. The molecule has 0 bridgehead atoms. The number of benzene rings is 2. The molecule has 8 heteroatoms. The SMILES string of the molecule is O=C(NCC1(O)CCCc2ccccc21)Nc1ccc([N+](=O)[O-])cc1Cl. The van der Waals surface area contributed by atoms with Crippen molar-refractivity contribution >= 4 is 29.0 Å². The fourth-order valence-electron chi connectivity index (χ4n) is 3.19. The topological polar surface area (TPSA) is 104 Å². The molecule has 7 nitrogen and oxygen atoms in total. The molecule has 0 heterocycles. The first-order valence-corrected chi connectivity index (χ1v) is 8.56. The molecule has 0 spiro atoms. The predicted octanol–water partition coefficient (Wildman–Crippen LogP) is 3.59. The lowest BCUT2D eigenvalue weighted by atomic mass is 9.79. The van der Waals surface area contributed by atoms with Crippen LogP contribution in [0.4, 0.5) is 16.2 Å². The van der Waals surface area contributed by atoms with Gasteiger partial charge in [0.25, 0.3) is 5.69 Å². The Labute approximate surface area is 155 Å². The summed E-state index contributed by atoms with van der Waals surface area (Å²) in [5.41, 5.74) is 0.896. The number of fused-ring (bicyclic) bond motifs is 1. The monoisotopic (exact) mass is 375 g/mol. The Hall–Kier alpha value is -2.64. The number of carbonyl (C=O) groups is 1. The normalized spacial score (nSPS) is 18.7. The predicted molar refractivity (Wildman–Crippen MR) is 98.4 cm³/mol. The number of carbonyl (C=O) groups excluding carboxylic acids is 1. The average Bonchev–Trinajstić information content (AvgIpc) is 2.62. The van der Waals surface area contributed by atoms with Crippen LogP contribution in [0, 0.1) is 10.1 Å². The number of aryl methyl sites for hydroxylation is 1. The number of amides is 2. The number of nitrogens with zero attached hydrogens (tertiary/aromatic N) is 1. The summed E-state index contributed by atoms with van der Waals surface area (Å²) in [6.45, 7) is 0.0560. The van der Waals surface area contributed by atoms with Gasteiger partial charge in [0, 0.05) is 12.1 Å². The molecule has 3 rings (SSSR count). The van der Waals surface area contributed by atoms with E-state index < -0.39 is 16.6 Å². The molecule has 0 fully saturated rings. The fourth-order valence-corrected chi connectivity index (χ4v) is 3.42. The van der Waals surface area contributed by atoms with Gasteiger partial charge in [-0.15, -0.1) is 0 Å². The highest BCUT2D eigenvalue weighted by molar-refractivity contribution is 6.33. The van der Waals surface area contributed by atoms with Gasteiger partial charge in [0.1, 0.15) is 5.60 Å². The van der Waals surface area contributed by atoms with Crippen LogP contribution in [0.3, 0.4) is 0 Å². The first-order chi connectivity index (χ1) is 12.4. The lowest BCUT2D eigenvalue weighted by Gasteiger charge is -2.34. The van der Waals surface area contributed by atoms with Crippen LogP contribution in [0.15, 0.2) is 42.5 Å². The van der Waals surface area contributed by atoms with Gasteiger partial charge in [-0.1, -0.05) is 35.9 Å². The first-order valence-electron chi connectivity index (χ1n) is 8.19. The molecule has 2 aromatic rings. The number of nitrogens with one attached hydrogen (secondary N) is 2. The zero-order valence-corrected chi connectivity index (χ0v) is 14.6. The van der Waals surface area contributed by atoms with Crippen LogP contribution in [0.2, 0.25) is 5.02 Å². The van der Waals surface area contributed by atoms with Gasteiger partial charge < -0.3 is 15.7 Å². The van der Waals surface area contributed by atoms with Crippen molar-refractivity contribution in [3.8, 4) is 0 Å². The van der Waals surface area contributed by atoms with Crippen molar-refractivity contribution in [3.05, 3.63) is 68.7 Å². The van der Waals surface area contributed by atoms with Gasteiger partial charge in [-0.2, -0.15) is 0 Å². The number of hydrogen-bond donors (Lipinski definition) is 3. The third-order valence-electron chi connectivity index (χ3n) is 4.51. The molecule has 1 atom stereocenters. The minimum Gasteiger partial charge on any atom is -0.383 e. The van der Waals surface area contributed by atoms with Crippen molar-refractivity contribution in [2.75, 3.05) is 11.9 Å². The van der Waals surface area contributed by atoms with Crippen molar-refractivity contribution in [2.24, 2.45) is 0 Å². The van der Waals surface area contributed by atoms with Crippen LogP contribution in [0.1, 0.15) is 24.0 Å². The summed E-state index contributed by atoms with van der Waals surface area (Å²) in [4.78, 5) is 22.3. The van der Waals surface area contributed by atoms with Crippen molar-refractivity contribution < 1.29 is 14.8 Å². The smallest absolute Gasteiger partial charge is 0.319 e. The second-order valence-electron chi connectivity index (χ2n) is 6.27. The van der Waals surface area contributed by atoms with Gasteiger partial charge in [0.05, 0.1) is 22.2 Å². The quantitative estimate of drug-likeness (QED) is 0.561. The van der Waals surface area contributed by atoms with Gasteiger partial charge in [0.15, 0.2) is 0 Å². The number of anilines is 1. The molecule has 3 N–H and O–H groups in total. The Bertz CT molecular complexity index is 858. The Morgan fingerprint density at radius 2 is 2.08 bits per heavy atom. The lowest BCUT2D eigenvalue weighted by Crippen LogP contribution is -2.44. The second-order valence-corrected chi connectivity index (χ2v) is 6.68. The Morgan fingerprint density at radius 3 is 2.81 bits per heavy atom. The number of nitro groups is 1. The van der Waals surface area contributed by atoms with E-state index in [0.29, 0.717) is 6.42 Å². The number of nitro benzene ring substituents is 1. The maximum Gasteiger partial charge on any atom is 0.319 e. The van der Waals surface area contributed by atoms with Gasteiger partial charge in [-0.25, -0.2) is 4.79 Å². The lowest BCUT2D eigenvalue weighted by molar-refractivity contribution is -0.384. The Balaban J connectivity index is 1.66. The van der Waals surface area contributed by atoms with Crippen LogP contribution >= 0.6 is 11.6 Å². The Kier molecular flexibility index (Phi) is 5.11. The van der Waals surface area contributed by atoms with E-state index in [9.17, 15) is 20.0 Å². The third-order valence-corrected chi connectivity index (χ3v) is 4.82. The summed E-state index contributed by atoms with van der Waals surface area (Å²) < 4.78 is 0. The molecule has 0 radical (unpaired) electrons. The summed E-state index contributed by atoms with van der Waals surface area (Å²) in [5.74, 6) is 0. The van der Waals surface area contributed by atoms with Crippen LogP contribution in [0.25, 0.3) is 0 Å². The zero-order chi connectivity index (χ0) is 18.7.